The average Bonchev–Trinajstić information content (AvgIpc) is 2.99. The number of rotatable bonds is 7. The Kier molecular flexibility index (Phi) is 7.55. The fraction of sp³-hybridized carbons (Fsp3) is 0.630. The molecule has 4 rings (SSSR count). The maximum atomic E-state index is 13.4. The predicted octanol–water partition coefficient (Wildman–Crippen LogP) is 5.55. The molecule has 0 N–H and O–H groups in total. The summed E-state index contributed by atoms with van der Waals surface area (Å²) in [6.07, 6.45) is 2.02. The van der Waals surface area contributed by atoms with Crippen molar-refractivity contribution in [2.45, 2.75) is 108 Å². The van der Waals surface area contributed by atoms with Gasteiger partial charge in [0.15, 0.2) is 5.78 Å². The highest BCUT2D eigenvalue weighted by Crippen LogP contribution is 2.52. The second kappa shape index (κ2) is 9.92. The lowest BCUT2D eigenvalue weighted by Crippen LogP contribution is -2.74. The Bertz CT molecular complexity index is 995. The van der Waals surface area contributed by atoms with E-state index >= 15 is 0 Å². The summed E-state index contributed by atoms with van der Waals surface area (Å²) >= 11 is 0. The van der Waals surface area contributed by atoms with E-state index < -0.39 is 34.9 Å². The molecule has 2 saturated heterocycles. The zero-order valence-corrected chi connectivity index (χ0v) is 24.8. The van der Waals surface area contributed by atoms with E-state index in [1.165, 1.54) is 5.06 Å². The van der Waals surface area contributed by atoms with Gasteiger partial charge in [0.25, 0.3) is 0 Å². The van der Waals surface area contributed by atoms with Crippen molar-refractivity contribution in [3.63, 3.8) is 0 Å². The molecule has 0 radical (unpaired) electrons. The number of hydrogen-bond donors (Lipinski definition) is 0. The Balaban J connectivity index is 1.80. The molecule has 3 atom stereocenters. The van der Waals surface area contributed by atoms with Crippen LogP contribution in [0.2, 0.25) is 22.2 Å². The summed E-state index contributed by atoms with van der Waals surface area (Å²) in [6, 6.07) is 9.74. The number of nitrogens with zero attached hydrogens (tertiary/aromatic N) is 1. The maximum Gasteiger partial charge on any atom is 0.335 e. The lowest BCUT2D eigenvalue weighted by Gasteiger charge is -2.56. The smallest absolute Gasteiger partial charge is 0.335 e. The molecule has 0 saturated carbocycles. The molecule has 2 fully saturated rings. The molecule has 1 aromatic rings. The van der Waals surface area contributed by atoms with Gasteiger partial charge in [0.1, 0.15) is 24.4 Å². The van der Waals surface area contributed by atoms with E-state index in [2.05, 4.69) is 55.4 Å². The summed E-state index contributed by atoms with van der Waals surface area (Å²) in [5.74, 6) is -0.262. The molecule has 36 heavy (non-hydrogen) atoms. The molecule has 198 valence electrons. The average molecular weight is 532 g/mol. The Morgan fingerprint density at radius 2 is 1.47 bits per heavy atom. The molecule has 1 amide bonds. The lowest BCUT2D eigenvalue weighted by atomic mass is 9.74. The minimum Gasteiger partial charge on any atom is -0.414 e. The van der Waals surface area contributed by atoms with Crippen LogP contribution in [0.25, 0.3) is 0 Å². The van der Waals surface area contributed by atoms with Gasteiger partial charge in [-0.15, -0.1) is 0 Å². The third kappa shape index (κ3) is 4.27. The summed E-state index contributed by atoms with van der Waals surface area (Å²) in [5.41, 5.74) is 0.530. The minimum atomic E-state index is -2.94. The highest BCUT2D eigenvalue weighted by atomic mass is 28.5. The van der Waals surface area contributed by atoms with E-state index in [0.717, 1.165) is 5.56 Å². The van der Waals surface area contributed by atoms with Crippen LogP contribution in [0.5, 0.6) is 0 Å². The second-order valence-electron chi connectivity index (χ2n) is 11.6. The SMILES string of the molecule is CC(C)[Si]1(C(C)C)O[C@@H]2C(=O)C=C[C@]3(CC(=O)N3OCc3ccccc3)[C@@H]2O[Si](C(C)C)(C(C)C)O1. The van der Waals surface area contributed by atoms with Crippen molar-refractivity contribution in [3.8, 4) is 0 Å². The second-order valence-corrected chi connectivity index (χ2v) is 20.4. The van der Waals surface area contributed by atoms with Crippen LogP contribution in [0, 0.1) is 0 Å². The number of carbonyl (C=O) groups excluding carboxylic acids is 2. The highest BCUT2D eigenvalue weighted by Gasteiger charge is 2.69. The topological polar surface area (TPSA) is 74.3 Å². The van der Waals surface area contributed by atoms with Crippen LogP contribution in [0.15, 0.2) is 42.5 Å². The number of benzene rings is 1. The van der Waals surface area contributed by atoms with Crippen LogP contribution < -0.4 is 0 Å². The molecule has 7 nitrogen and oxygen atoms in total. The number of amides is 1. The van der Waals surface area contributed by atoms with Crippen molar-refractivity contribution in [1.82, 2.24) is 5.06 Å². The van der Waals surface area contributed by atoms with Gasteiger partial charge >= 0.3 is 17.1 Å². The predicted molar refractivity (Wildman–Crippen MR) is 142 cm³/mol. The van der Waals surface area contributed by atoms with Crippen molar-refractivity contribution < 1.29 is 27.4 Å². The van der Waals surface area contributed by atoms with Gasteiger partial charge < -0.3 is 13.0 Å². The molecule has 9 heteroatoms. The van der Waals surface area contributed by atoms with Crippen LogP contribution in [-0.2, 0) is 34.0 Å². The van der Waals surface area contributed by atoms with Crippen LogP contribution in [-0.4, -0.2) is 51.6 Å². The fourth-order valence-electron chi connectivity index (χ4n) is 5.93. The van der Waals surface area contributed by atoms with Crippen LogP contribution in [0.3, 0.4) is 0 Å². The van der Waals surface area contributed by atoms with Crippen molar-refractivity contribution in [2.75, 3.05) is 0 Å². The largest absolute Gasteiger partial charge is 0.414 e. The van der Waals surface area contributed by atoms with Crippen LogP contribution >= 0.6 is 0 Å². The Hall–Kier alpha value is -1.63. The first kappa shape index (κ1) is 27.4. The molecular weight excluding hydrogens is 490 g/mol. The molecule has 1 aromatic carbocycles. The van der Waals surface area contributed by atoms with Crippen molar-refractivity contribution in [1.29, 1.82) is 0 Å². The van der Waals surface area contributed by atoms with Crippen molar-refractivity contribution in [2.24, 2.45) is 0 Å². The number of hydroxylamine groups is 2. The first-order valence-corrected chi connectivity index (χ1v) is 17.1. The molecular formula is C27H41NO6Si2. The molecule has 2 heterocycles. The van der Waals surface area contributed by atoms with Crippen molar-refractivity contribution in [3.05, 3.63) is 48.0 Å². The standard InChI is InChI=1S/C27H41NO6Si2/c1-18(2)35(19(3)4)32-25-23(29)14-15-27(26(25)33-36(34-35,20(5)6)21(7)8)16-24(30)28(27)31-17-22-12-10-9-11-13-22/h9-15,18-21,25-26H,16-17H2,1-8H3/t25-,26-,27+/m1/s1. The molecule has 1 aliphatic carbocycles. The summed E-state index contributed by atoms with van der Waals surface area (Å²) in [4.78, 5) is 32.4. The number of fused-ring (bicyclic) bond motifs is 2. The third-order valence-corrected chi connectivity index (χ3v) is 18.2. The zero-order valence-electron chi connectivity index (χ0n) is 22.8. The first-order chi connectivity index (χ1) is 16.9. The van der Waals surface area contributed by atoms with Gasteiger partial charge in [-0.25, -0.2) is 5.06 Å². The van der Waals surface area contributed by atoms with E-state index in [4.69, 9.17) is 17.8 Å². The molecule has 3 aliphatic rings. The highest BCUT2D eigenvalue weighted by molar-refractivity contribution is 6.84. The monoisotopic (exact) mass is 531 g/mol. The van der Waals surface area contributed by atoms with Gasteiger partial charge in [-0.1, -0.05) is 85.7 Å². The molecule has 0 unspecified atom stereocenters. The van der Waals surface area contributed by atoms with Gasteiger partial charge in [0.05, 0.1) is 6.42 Å². The third-order valence-electron chi connectivity index (χ3n) is 7.99. The maximum absolute atomic E-state index is 13.4. The molecule has 0 aromatic heterocycles. The Labute approximate surface area is 217 Å². The quantitative estimate of drug-likeness (QED) is 0.339. The number of ketones is 1. The molecule has 0 bridgehead atoms. The summed E-state index contributed by atoms with van der Waals surface area (Å²) in [7, 11) is -5.86. The summed E-state index contributed by atoms with van der Waals surface area (Å²) in [5, 5.41) is 1.42. The van der Waals surface area contributed by atoms with E-state index in [0.29, 0.717) is 0 Å². The van der Waals surface area contributed by atoms with Gasteiger partial charge in [-0.2, -0.15) is 0 Å². The van der Waals surface area contributed by atoms with E-state index in [-0.39, 0.29) is 46.9 Å². The summed E-state index contributed by atoms with van der Waals surface area (Å²) in [6.45, 7) is 17.4. The van der Waals surface area contributed by atoms with Gasteiger partial charge in [0.2, 0.25) is 5.91 Å². The minimum absolute atomic E-state index is 0.118. The van der Waals surface area contributed by atoms with Gasteiger partial charge in [0, 0.05) is 0 Å². The Morgan fingerprint density at radius 3 is 2.00 bits per heavy atom. The van der Waals surface area contributed by atoms with E-state index in [1.807, 2.05) is 30.3 Å². The normalized spacial score (nSPS) is 29.3. The number of carbonyl (C=O) groups is 2. The Morgan fingerprint density at radius 1 is 0.917 bits per heavy atom. The fourth-order valence-corrected chi connectivity index (χ4v) is 17.2. The number of hydrogen-bond acceptors (Lipinski definition) is 6. The molecule has 2 aliphatic heterocycles. The molecule has 1 spiro atoms. The van der Waals surface area contributed by atoms with Gasteiger partial charge in [-0.05, 0) is 39.9 Å². The van der Waals surface area contributed by atoms with Crippen molar-refractivity contribution >= 4 is 28.8 Å². The summed E-state index contributed by atoms with van der Waals surface area (Å²) < 4.78 is 21.3. The van der Waals surface area contributed by atoms with Crippen LogP contribution in [0.4, 0.5) is 0 Å². The first-order valence-electron chi connectivity index (χ1n) is 13.2. The number of β-lactam (4-membered cyclic amide) rings is 1. The van der Waals surface area contributed by atoms with E-state index in [1.54, 1.807) is 12.2 Å². The van der Waals surface area contributed by atoms with Crippen LogP contribution in [0.1, 0.15) is 67.4 Å². The lowest BCUT2D eigenvalue weighted by molar-refractivity contribution is -0.272. The van der Waals surface area contributed by atoms with E-state index in [9.17, 15) is 9.59 Å². The zero-order chi connectivity index (χ0) is 26.5. The van der Waals surface area contributed by atoms with Gasteiger partial charge in [-0.3, -0.25) is 14.4 Å².